The molecule has 1 aromatic carbocycles. The van der Waals surface area contributed by atoms with Crippen LogP contribution in [0.25, 0.3) is 11.3 Å². The summed E-state index contributed by atoms with van der Waals surface area (Å²) in [5.74, 6) is 1.34. The van der Waals surface area contributed by atoms with Crippen molar-refractivity contribution >= 4 is 0 Å². The van der Waals surface area contributed by atoms with Gasteiger partial charge in [-0.25, -0.2) is 4.79 Å². The van der Waals surface area contributed by atoms with Crippen LogP contribution in [0.3, 0.4) is 0 Å². The second-order valence-corrected chi connectivity index (χ2v) is 7.29. The van der Waals surface area contributed by atoms with Crippen molar-refractivity contribution in [3.8, 4) is 11.3 Å². The lowest BCUT2D eigenvalue weighted by atomic mass is 9.99. The summed E-state index contributed by atoms with van der Waals surface area (Å²) in [5, 5.41) is 0. The lowest BCUT2D eigenvalue weighted by Crippen LogP contribution is -2.29. The minimum absolute atomic E-state index is 0.0522. The van der Waals surface area contributed by atoms with Crippen molar-refractivity contribution in [2.75, 3.05) is 0 Å². The Morgan fingerprint density at radius 3 is 2.70 bits per heavy atom. The van der Waals surface area contributed by atoms with E-state index in [0.717, 1.165) is 30.6 Å². The second kappa shape index (κ2) is 5.95. The van der Waals surface area contributed by atoms with Gasteiger partial charge in [0, 0.05) is 17.8 Å². The smallest absolute Gasteiger partial charge is 0.296 e. The van der Waals surface area contributed by atoms with E-state index < -0.39 is 0 Å². The van der Waals surface area contributed by atoms with Crippen LogP contribution in [0.5, 0.6) is 0 Å². The molecule has 1 unspecified atom stereocenters. The highest BCUT2D eigenvalue weighted by molar-refractivity contribution is 5.63. The third-order valence-corrected chi connectivity index (χ3v) is 5.25. The largest absolute Gasteiger partial charge is 0.348 e. The van der Waals surface area contributed by atoms with Crippen molar-refractivity contribution in [2.24, 2.45) is 11.8 Å². The van der Waals surface area contributed by atoms with Gasteiger partial charge in [-0.05, 0) is 49.5 Å². The van der Waals surface area contributed by atoms with Crippen molar-refractivity contribution in [1.29, 1.82) is 0 Å². The predicted octanol–water partition coefficient (Wildman–Crippen LogP) is 3.84. The minimum Gasteiger partial charge on any atom is -0.296 e. The van der Waals surface area contributed by atoms with Crippen LogP contribution < -0.4 is 5.69 Å². The SMILES string of the molecule is CC1CCCc2c(-c3ccccc3)nc(=O)n(CC3CC3)c2C1. The van der Waals surface area contributed by atoms with Crippen LogP contribution >= 0.6 is 0 Å². The fraction of sp³-hybridized carbons (Fsp3) is 0.500. The van der Waals surface area contributed by atoms with Crippen LogP contribution in [0, 0.1) is 11.8 Å². The van der Waals surface area contributed by atoms with Gasteiger partial charge in [-0.3, -0.25) is 4.57 Å². The molecule has 2 aromatic rings. The summed E-state index contributed by atoms with van der Waals surface area (Å²) in [6.07, 6.45) is 7.01. The Hall–Kier alpha value is -1.90. The monoisotopic (exact) mass is 308 g/mol. The highest BCUT2D eigenvalue weighted by Gasteiger charge is 2.27. The van der Waals surface area contributed by atoms with E-state index in [1.807, 2.05) is 22.8 Å². The van der Waals surface area contributed by atoms with Crippen LogP contribution in [0.1, 0.15) is 43.9 Å². The molecule has 1 fully saturated rings. The molecule has 0 saturated heterocycles. The molecule has 23 heavy (non-hydrogen) atoms. The van der Waals surface area contributed by atoms with Gasteiger partial charge in [0.2, 0.25) is 0 Å². The first-order chi connectivity index (χ1) is 11.2. The molecule has 1 heterocycles. The topological polar surface area (TPSA) is 34.9 Å². The zero-order valence-corrected chi connectivity index (χ0v) is 13.8. The minimum atomic E-state index is -0.0522. The maximum Gasteiger partial charge on any atom is 0.348 e. The first kappa shape index (κ1) is 14.7. The number of hydrogen-bond acceptors (Lipinski definition) is 2. The zero-order valence-electron chi connectivity index (χ0n) is 13.8. The van der Waals surface area contributed by atoms with Crippen molar-refractivity contribution in [3.05, 3.63) is 52.1 Å². The van der Waals surface area contributed by atoms with E-state index in [4.69, 9.17) is 0 Å². The van der Waals surface area contributed by atoms with Crippen LogP contribution in [0.2, 0.25) is 0 Å². The maximum atomic E-state index is 12.7. The molecule has 0 aliphatic heterocycles. The molecule has 0 N–H and O–H groups in total. The van der Waals surface area contributed by atoms with Crippen LogP contribution in [0.15, 0.2) is 35.1 Å². The molecule has 1 aromatic heterocycles. The molecular formula is C20H24N2O. The standard InChI is InChI=1S/C20H24N2O/c1-14-6-5-9-17-18(12-14)22(13-15-10-11-15)20(23)21-19(17)16-7-3-2-4-8-16/h2-4,7-8,14-15H,5-6,9-13H2,1H3. The van der Waals surface area contributed by atoms with Crippen LogP contribution in [0.4, 0.5) is 0 Å². The molecular weight excluding hydrogens is 284 g/mol. The van der Waals surface area contributed by atoms with Crippen LogP contribution in [-0.4, -0.2) is 9.55 Å². The average Bonchev–Trinajstić information content (AvgIpc) is 3.38. The third-order valence-electron chi connectivity index (χ3n) is 5.25. The first-order valence-corrected chi connectivity index (χ1v) is 8.90. The van der Waals surface area contributed by atoms with Gasteiger partial charge in [0.1, 0.15) is 0 Å². The van der Waals surface area contributed by atoms with Gasteiger partial charge in [0.05, 0.1) is 5.69 Å². The predicted molar refractivity (Wildman–Crippen MR) is 92.5 cm³/mol. The number of aromatic nitrogens is 2. The fourth-order valence-electron chi connectivity index (χ4n) is 3.78. The van der Waals surface area contributed by atoms with E-state index in [0.29, 0.717) is 11.8 Å². The lowest BCUT2D eigenvalue weighted by molar-refractivity contribution is 0.494. The summed E-state index contributed by atoms with van der Waals surface area (Å²) in [6, 6.07) is 10.2. The Kier molecular flexibility index (Phi) is 3.80. The normalized spacial score (nSPS) is 20.8. The number of nitrogens with zero attached hydrogens (tertiary/aromatic N) is 2. The fourth-order valence-corrected chi connectivity index (χ4v) is 3.78. The Morgan fingerprint density at radius 1 is 1.17 bits per heavy atom. The maximum absolute atomic E-state index is 12.7. The molecule has 4 rings (SSSR count). The molecule has 0 amide bonds. The summed E-state index contributed by atoms with van der Waals surface area (Å²) in [5.41, 5.74) is 4.53. The van der Waals surface area contributed by atoms with Gasteiger partial charge >= 0.3 is 5.69 Å². The second-order valence-electron chi connectivity index (χ2n) is 7.29. The highest BCUT2D eigenvalue weighted by Crippen LogP contribution is 2.34. The molecule has 120 valence electrons. The first-order valence-electron chi connectivity index (χ1n) is 8.90. The van der Waals surface area contributed by atoms with Gasteiger partial charge in [0.25, 0.3) is 0 Å². The number of rotatable bonds is 3. The van der Waals surface area contributed by atoms with Gasteiger partial charge in [-0.2, -0.15) is 4.98 Å². The number of hydrogen-bond donors (Lipinski definition) is 0. The molecule has 3 heteroatoms. The van der Waals surface area contributed by atoms with E-state index in [1.54, 1.807) is 0 Å². The summed E-state index contributed by atoms with van der Waals surface area (Å²) in [7, 11) is 0. The number of benzene rings is 1. The average molecular weight is 308 g/mol. The molecule has 0 spiro atoms. The van der Waals surface area contributed by atoms with E-state index in [-0.39, 0.29) is 5.69 Å². The van der Waals surface area contributed by atoms with Crippen molar-refractivity contribution in [2.45, 2.75) is 52.0 Å². The molecule has 1 atom stereocenters. The highest BCUT2D eigenvalue weighted by atomic mass is 16.1. The third kappa shape index (κ3) is 2.97. The Labute approximate surface area is 137 Å². The van der Waals surface area contributed by atoms with Gasteiger partial charge < -0.3 is 0 Å². The summed E-state index contributed by atoms with van der Waals surface area (Å²) in [6.45, 7) is 3.18. The number of fused-ring (bicyclic) bond motifs is 1. The van der Waals surface area contributed by atoms with Crippen molar-refractivity contribution < 1.29 is 0 Å². The molecule has 1 saturated carbocycles. The molecule has 3 nitrogen and oxygen atoms in total. The van der Waals surface area contributed by atoms with Crippen molar-refractivity contribution in [1.82, 2.24) is 9.55 Å². The van der Waals surface area contributed by atoms with Gasteiger partial charge in [-0.15, -0.1) is 0 Å². The molecule has 0 bridgehead atoms. The molecule has 2 aliphatic carbocycles. The molecule has 0 radical (unpaired) electrons. The van der Waals surface area contributed by atoms with Crippen molar-refractivity contribution in [3.63, 3.8) is 0 Å². The Balaban J connectivity index is 1.89. The lowest BCUT2D eigenvalue weighted by Gasteiger charge is -2.19. The van der Waals surface area contributed by atoms with Crippen LogP contribution in [-0.2, 0) is 19.4 Å². The van der Waals surface area contributed by atoms with Gasteiger partial charge in [-0.1, -0.05) is 43.7 Å². The summed E-state index contributed by atoms with van der Waals surface area (Å²) in [4.78, 5) is 17.2. The van der Waals surface area contributed by atoms with Gasteiger partial charge in [0.15, 0.2) is 0 Å². The Bertz CT molecular complexity index is 759. The van der Waals surface area contributed by atoms with E-state index in [1.165, 1.54) is 36.9 Å². The zero-order chi connectivity index (χ0) is 15.8. The summed E-state index contributed by atoms with van der Waals surface area (Å²) < 4.78 is 2.00. The quantitative estimate of drug-likeness (QED) is 0.808. The Morgan fingerprint density at radius 2 is 1.96 bits per heavy atom. The van der Waals surface area contributed by atoms with E-state index >= 15 is 0 Å². The van der Waals surface area contributed by atoms with E-state index in [9.17, 15) is 4.79 Å². The summed E-state index contributed by atoms with van der Waals surface area (Å²) >= 11 is 0. The molecule has 2 aliphatic rings. The van der Waals surface area contributed by atoms with E-state index in [2.05, 4.69) is 24.0 Å².